The molecule has 2 rings (SSSR count). The van der Waals surface area contributed by atoms with Gasteiger partial charge in [-0.1, -0.05) is 0 Å². The Morgan fingerprint density at radius 1 is 1.58 bits per heavy atom. The van der Waals surface area contributed by atoms with Crippen LogP contribution in [0.2, 0.25) is 0 Å². The van der Waals surface area contributed by atoms with Gasteiger partial charge in [-0.25, -0.2) is 0 Å². The van der Waals surface area contributed by atoms with E-state index in [0.29, 0.717) is 5.78 Å². The Balaban J connectivity index is 2.13. The Hall–Kier alpha value is -0.410. The summed E-state index contributed by atoms with van der Waals surface area (Å²) in [5.74, 6) is 0.425. The van der Waals surface area contributed by atoms with Crippen LogP contribution in [-0.2, 0) is 4.79 Å². The molecule has 1 atom stereocenters. The van der Waals surface area contributed by atoms with Gasteiger partial charge in [0.15, 0.2) is 5.78 Å². The Morgan fingerprint density at radius 2 is 2.42 bits per heavy atom. The standard InChI is InChI=1S/C9H16N2O/c1-11-6-5-10-9(7-11)4-2-3-8(9)12/h10H,2-7H2,1H3. The number of piperazine rings is 1. The van der Waals surface area contributed by atoms with E-state index < -0.39 is 0 Å². The molecule has 0 radical (unpaired) electrons. The highest BCUT2D eigenvalue weighted by atomic mass is 16.1. The van der Waals surface area contributed by atoms with Crippen LogP contribution in [0.25, 0.3) is 0 Å². The van der Waals surface area contributed by atoms with Gasteiger partial charge in [-0.2, -0.15) is 0 Å². The van der Waals surface area contributed by atoms with Crippen LogP contribution in [0.1, 0.15) is 19.3 Å². The second-order valence-corrected chi connectivity index (χ2v) is 4.02. The van der Waals surface area contributed by atoms with E-state index in [-0.39, 0.29) is 5.54 Å². The van der Waals surface area contributed by atoms with Gasteiger partial charge in [-0.05, 0) is 19.9 Å². The van der Waals surface area contributed by atoms with Gasteiger partial charge in [0, 0.05) is 26.1 Å². The van der Waals surface area contributed by atoms with Crippen molar-refractivity contribution >= 4 is 5.78 Å². The quantitative estimate of drug-likeness (QED) is 0.553. The molecular weight excluding hydrogens is 152 g/mol. The minimum atomic E-state index is -0.160. The molecule has 2 aliphatic rings. The third kappa shape index (κ3) is 1.17. The van der Waals surface area contributed by atoms with Crippen LogP contribution in [0.15, 0.2) is 0 Å². The van der Waals surface area contributed by atoms with Crippen LogP contribution in [0.3, 0.4) is 0 Å². The van der Waals surface area contributed by atoms with Crippen molar-refractivity contribution in [1.82, 2.24) is 10.2 Å². The third-order valence-corrected chi connectivity index (χ3v) is 3.04. The number of ketones is 1. The van der Waals surface area contributed by atoms with E-state index in [0.717, 1.165) is 38.9 Å². The van der Waals surface area contributed by atoms with Gasteiger partial charge < -0.3 is 10.2 Å². The van der Waals surface area contributed by atoms with Crippen LogP contribution in [-0.4, -0.2) is 42.9 Å². The van der Waals surface area contributed by atoms with Gasteiger partial charge in [0.1, 0.15) is 0 Å². The van der Waals surface area contributed by atoms with Gasteiger partial charge in [-0.15, -0.1) is 0 Å². The fourth-order valence-corrected chi connectivity index (χ4v) is 2.37. The van der Waals surface area contributed by atoms with Crippen molar-refractivity contribution in [2.45, 2.75) is 24.8 Å². The normalized spacial score (nSPS) is 37.9. The third-order valence-electron chi connectivity index (χ3n) is 3.04. The molecule has 3 heteroatoms. The summed E-state index contributed by atoms with van der Waals surface area (Å²) in [5, 5.41) is 3.38. The monoisotopic (exact) mass is 168 g/mol. The Bertz CT molecular complexity index is 205. The average Bonchev–Trinajstić information content (AvgIpc) is 2.33. The molecule has 68 valence electrons. The van der Waals surface area contributed by atoms with Gasteiger partial charge in [0.2, 0.25) is 0 Å². The predicted molar refractivity (Wildman–Crippen MR) is 47.1 cm³/mol. The average molecular weight is 168 g/mol. The largest absolute Gasteiger partial charge is 0.303 e. The Labute approximate surface area is 73.1 Å². The molecule has 1 heterocycles. The number of Topliss-reactive ketones (excluding diaryl/α,β-unsaturated/α-hetero) is 1. The second-order valence-electron chi connectivity index (χ2n) is 4.02. The molecule has 0 aromatic rings. The summed E-state index contributed by atoms with van der Waals surface area (Å²) in [7, 11) is 2.09. The lowest BCUT2D eigenvalue weighted by molar-refractivity contribution is -0.124. The molecule has 1 saturated heterocycles. The highest BCUT2D eigenvalue weighted by Gasteiger charge is 2.43. The maximum absolute atomic E-state index is 11.6. The highest BCUT2D eigenvalue weighted by molar-refractivity contribution is 5.90. The van der Waals surface area contributed by atoms with E-state index in [4.69, 9.17) is 0 Å². The molecule has 0 aromatic carbocycles. The van der Waals surface area contributed by atoms with Gasteiger partial charge in [0.25, 0.3) is 0 Å². The molecule has 1 unspecified atom stereocenters. The van der Waals surface area contributed by atoms with Crippen LogP contribution < -0.4 is 5.32 Å². The van der Waals surface area contributed by atoms with Crippen molar-refractivity contribution in [2.75, 3.05) is 26.7 Å². The summed E-state index contributed by atoms with van der Waals surface area (Å²) >= 11 is 0. The van der Waals surface area contributed by atoms with Crippen molar-refractivity contribution < 1.29 is 4.79 Å². The maximum atomic E-state index is 11.6. The van der Waals surface area contributed by atoms with Gasteiger partial charge in [0.05, 0.1) is 5.54 Å². The number of hydrogen-bond acceptors (Lipinski definition) is 3. The molecular formula is C9H16N2O. The van der Waals surface area contributed by atoms with E-state index in [1.807, 2.05) is 0 Å². The molecule has 2 fully saturated rings. The molecule has 12 heavy (non-hydrogen) atoms. The van der Waals surface area contributed by atoms with Crippen molar-refractivity contribution in [3.63, 3.8) is 0 Å². The minimum Gasteiger partial charge on any atom is -0.303 e. The number of carbonyl (C=O) groups excluding carboxylic acids is 1. The van der Waals surface area contributed by atoms with E-state index in [1.54, 1.807) is 0 Å². The summed E-state index contributed by atoms with van der Waals surface area (Å²) in [6.45, 7) is 2.93. The zero-order valence-corrected chi connectivity index (χ0v) is 7.60. The van der Waals surface area contributed by atoms with Crippen LogP contribution in [0, 0.1) is 0 Å². The van der Waals surface area contributed by atoms with Crippen LogP contribution in [0.4, 0.5) is 0 Å². The molecule has 0 aromatic heterocycles. The van der Waals surface area contributed by atoms with Crippen molar-refractivity contribution in [3.8, 4) is 0 Å². The Morgan fingerprint density at radius 3 is 3.00 bits per heavy atom. The van der Waals surface area contributed by atoms with Crippen molar-refractivity contribution in [2.24, 2.45) is 0 Å². The fraction of sp³-hybridized carbons (Fsp3) is 0.889. The molecule has 0 bridgehead atoms. The number of carbonyl (C=O) groups is 1. The molecule has 1 aliphatic heterocycles. The van der Waals surface area contributed by atoms with Crippen molar-refractivity contribution in [1.29, 1.82) is 0 Å². The highest BCUT2D eigenvalue weighted by Crippen LogP contribution is 2.28. The molecule has 1 N–H and O–H groups in total. The van der Waals surface area contributed by atoms with Crippen LogP contribution in [0.5, 0.6) is 0 Å². The smallest absolute Gasteiger partial charge is 0.154 e. The first kappa shape index (κ1) is 8.20. The van der Waals surface area contributed by atoms with E-state index >= 15 is 0 Å². The van der Waals surface area contributed by atoms with Crippen molar-refractivity contribution in [3.05, 3.63) is 0 Å². The first-order chi connectivity index (χ1) is 5.73. The van der Waals surface area contributed by atoms with E-state index in [9.17, 15) is 4.79 Å². The molecule has 1 spiro atoms. The second kappa shape index (κ2) is 2.82. The first-order valence-electron chi connectivity index (χ1n) is 4.70. The summed E-state index contributed by atoms with van der Waals surface area (Å²) in [5.41, 5.74) is -0.160. The zero-order valence-electron chi connectivity index (χ0n) is 7.60. The lowest BCUT2D eigenvalue weighted by Crippen LogP contribution is -2.61. The lowest BCUT2D eigenvalue weighted by Gasteiger charge is -2.38. The first-order valence-corrected chi connectivity index (χ1v) is 4.70. The summed E-state index contributed by atoms with van der Waals surface area (Å²) in [4.78, 5) is 13.9. The SMILES string of the molecule is CN1CCNC2(CCCC2=O)C1. The summed E-state index contributed by atoms with van der Waals surface area (Å²) < 4.78 is 0. The Kier molecular flexibility index (Phi) is 1.93. The topological polar surface area (TPSA) is 32.3 Å². The molecule has 1 aliphatic carbocycles. The number of rotatable bonds is 0. The number of likely N-dealkylation sites (N-methyl/N-ethyl adjacent to an activating group) is 1. The van der Waals surface area contributed by atoms with E-state index in [1.165, 1.54) is 0 Å². The lowest BCUT2D eigenvalue weighted by atomic mass is 9.94. The minimum absolute atomic E-state index is 0.160. The van der Waals surface area contributed by atoms with Gasteiger partial charge >= 0.3 is 0 Å². The number of nitrogens with one attached hydrogen (secondary N) is 1. The number of hydrogen-bond donors (Lipinski definition) is 1. The number of nitrogens with zero attached hydrogens (tertiary/aromatic N) is 1. The fourth-order valence-electron chi connectivity index (χ4n) is 2.37. The molecule has 1 saturated carbocycles. The van der Waals surface area contributed by atoms with Crippen LogP contribution >= 0.6 is 0 Å². The van der Waals surface area contributed by atoms with E-state index in [2.05, 4.69) is 17.3 Å². The molecule has 3 nitrogen and oxygen atoms in total. The summed E-state index contributed by atoms with van der Waals surface area (Å²) in [6, 6.07) is 0. The zero-order chi connectivity index (χ0) is 8.60. The summed E-state index contributed by atoms with van der Waals surface area (Å²) in [6.07, 6.45) is 2.89. The molecule has 0 amide bonds. The van der Waals surface area contributed by atoms with Gasteiger partial charge in [-0.3, -0.25) is 4.79 Å². The maximum Gasteiger partial charge on any atom is 0.154 e. The predicted octanol–water partition coefficient (Wildman–Crippen LogP) is 0.0132.